The number of nitrogens with one attached hydrogen (secondary N) is 7. The molecular formula is C47H63N11O7. The fourth-order valence-electron chi connectivity index (χ4n) is 7.93. The third-order valence-electron chi connectivity index (χ3n) is 11.4. The molecule has 1 saturated heterocycles. The molecule has 3 aromatic rings. The van der Waals surface area contributed by atoms with Crippen molar-refractivity contribution in [1.29, 1.82) is 0 Å². The lowest BCUT2D eigenvalue weighted by Crippen LogP contribution is -2.60. The van der Waals surface area contributed by atoms with E-state index in [0.29, 0.717) is 43.4 Å². The molecule has 1 aromatic heterocycles. The van der Waals surface area contributed by atoms with Gasteiger partial charge in [0.05, 0.1) is 0 Å². The Morgan fingerprint density at radius 2 is 1.38 bits per heavy atom. The minimum Gasteiger partial charge on any atom is -0.370 e. The van der Waals surface area contributed by atoms with Crippen molar-refractivity contribution in [1.82, 2.24) is 36.9 Å². The van der Waals surface area contributed by atoms with E-state index in [9.17, 15) is 33.6 Å². The Hall–Kier alpha value is -6.85. The van der Waals surface area contributed by atoms with Gasteiger partial charge in [-0.25, -0.2) is 0 Å². The third kappa shape index (κ3) is 16.0. The van der Waals surface area contributed by atoms with Gasteiger partial charge < -0.3 is 48.4 Å². The summed E-state index contributed by atoms with van der Waals surface area (Å²) in [6.45, 7) is 3.29. The maximum Gasteiger partial charge on any atom is 0.243 e. The first-order valence-corrected chi connectivity index (χ1v) is 22.4. The van der Waals surface area contributed by atoms with Crippen LogP contribution in [0.2, 0.25) is 0 Å². The second-order valence-corrected chi connectivity index (χ2v) is 16.7. The number of aromatic nitrogens is 1. The molecule has 18 heteroatoms. The first-order chi connectivity index (χ1) is 31.2. The number of hydrogen-bond donors (Lipinski definition) is 9. The number of carbonyl (C=O) groups is 7. The molecule has 11 N–H and O–H groups in total. The number of amides is 6. The molecule has 18 nitrogen and oxygen atoms in total. The summed E-state index contributed by atoms with van der Waals surface area (Å²) in [5.74, 6) is -3.86. The Morgan fingerprint density at radius 1 is 0.738 bits per heavy atom. The van der Waals surface area contributed by atoms with Crippen LogP contribution in [0.3, 0.4) is 0 Å². The monoisotopic (exact) mass is 893 g/mol. The van der Waals surface area contributed by atoms with E-state index < -0.39 is 65.7 Å². The van der Waals surface area contributed by atoms with E-state index in [1.165, 1.54) is 6.92 Å². The largest absolute Gasteiger partial charge is 0.370 e. The first kappa shape index (κ1) is 49.2. The van der Waals surface area contributed by atoms with E-state index in [1.54, 1.807) is 36.7 Å². The number of nitrogens with zero attached hydrogens (tertiary/aromatic N) is 2. The van der Waals surface area contributed by atoms with E-state index >= 15 is 0 Å². The number of H-pyrrole nitrogens is 1. The number of rotatable bonds is 11. The van der Waals surface area contributed by atoms with Crippen LogP contribution in [0.5, 0.6) is 0 Å². The smallest absolute Gasteiger partial charge is 0.243 e. The molecule has 3 heterocycles. The van der Waals surface area contributed by atoms with Crippen LogP contribution in [0.25, 0.3) is 10.9 Å². The Balaban J connectivity index is 1.49. The summed E-state index contributed by atoms with van der Waals surface area (Å²) in [4.78, 5) is 108. The number of para-hydroxylation sites is 1. The molecule has 6 atom stereocenters. The maximum absolute atomic E-state index is 14.5. The fraction of sp³-hybridized carbons (Fsp3) is 0.468. The van der Waals surface area contributed by atoms with Gasteiger partial charge >= 0.3 is 0 Å². The van der Waals surface area contributed by atoms with Crippen LogP contribution >= 0.6 is 0 Å². The van der Waals surface area contributed by atoms with Gasteiger partial charge in [-0.05, 0) is 56.2 Å². The van der Waals surface area contributed by atoms with Crippen LogP contribution in [0.1, 0.15) is 95.6 Å². The van der Waals surface area contributed by atoms with E-state index in [-0.39, 0.29) is 75.7 Å². The summed E-state index contributed by atoms with van der Waals surface area (Å²) in [5, 5.41) is 17.9. The van der Waals surface area contributed by atoms with Gasteiger partial charge in [0.25, 0.3) is 0 Å². The van der Waals surface area contributed by atoms with Crippen LogP contribution in [0.4, 0.5) is 0 Å². The third-order valence-corrected chi connectivity index (χ3v) is 11.4. The van der Waals surface area contributed by atoms with Crippen molar-refractivity contribution in [2.75, 3.05) is 6.54 Å². The average Bonchev–Trinajstić information content (AvgIpc) is 3.95. The SMILES string of the molecule is CC(=O)N[C@H]1CCC(=O)CCCCC[C@@H](C)NC(=O)[C@H](Cc2c[nH]c3ccccc23)NC(=O)[C@H](CCCN=C(N)N)NC(=O)[C@@H](Cc2ccccc2)NC(=O)[C@H](CC2=CCC=N2)NC1=O. The molecule has 348 valence electrons. The molecule has 0 bridgehead atoms. The van der Waals surface area contributed by atoms with Gasteiger partial charge in [0.15, 0.2) is 5.96 Å². The lowest BCUT2D eigenvalue weighted by Gasteiger charge is -2.28. The van der Waals surface area contributed by atoms with Gasteiger partial charge in [-0.15, -0.1) is 0 Å². The number of ketones is 1. The number of hydrogen-bond acceptors (Lipinski definition) is 9. The topological polar surface area (TPSA) is 284 Å². The zero-order valence-electron chi connectivity index (χ0n) is 37.2. The zero-order valence-corrected chi connectivity index (χ0v) is 37.2. The normalized spacial score (nSPS) is 23.5. The Bertz CT molecular complexity index is 2230. The zero-order chi connectivity index (χ0) is 46.7. The quantitative estimate of drug-likeness (QED) is 0.0773. The lowest BCUT2D eigenvalue weighted by atomic mass is 10.0. The van der Waals surface area contributed by atoms with Gasteiger partial charge in [-0.2, -0.15) is 0 Å². The Kier molecular flexibility index (Phi) is 18.8. The molecule has 0 unspecified atom stereocenters. The van der Waals surface area contributed by atoms with Crippen molar-refractivity contribution in [2.45, 2.75) is 134 Å². The highest BCUT2D eigenvalue weighted by Crippen LogP contribution is 2.20. The van der Waals surface area contributed by atoms with Crippen LogP contribution < -0.4 is 43.4 Å². The van der Waals surface area contributed by atoms with Gasteiger partial charge in [-0.3, -0.25) is 43.5 Å². The second-order valence-electron chi connectivity index (χ2n) is 16.7. The molecule has 2 aliphatic heterocycles. The molecule has 0 spiro atoms. The molecule has 5 rings (SSSR count). The number of nitrogens with two attached hydrogens (primary N) is 2. The number of aromatic amines is 1. The molecule has 1 fully saturated rings. The summed E-state index contributed by atoms with van der Waals surface area (Å²) in [6.07, 6.45) is 9.16. The number of guanidine groups is 1. The maximum atomic E-state index is 14.5. The molecule has 0 radical (unpaired) electrons. The van der Waals surface area contributed by atoms with E-state index in [2.05, 4.69) is 46.9 Å². The van der Waals surface area contributed by atoms with Crippen molar-refractivity contribution < 1.29 is 33.6 Å². The van der Waals surface area contributed by atoms with Crippen LogP contribution in [-0.2, 0) is 46.4 Å². The van der Waals surface area contributed by atoms with E-state index in [1.807, 2.05) is 43.3 Å². The van der Waals surface area contributed by atoms with Crippen molar-refractivity contribution >= 4 is 64.3 Å². The number of Topliss-reactive ketones (excluding diaryl/α,β-unsaturated/α-hetero) is 1. The highest BCUT2D eigenvalue weighted by atomic mass is 16.2. The number of aliphatic imine (C=N–C) groups is 2. The standard InChI is InChI=1S/C47H63N11O7/c1-29-13-5-3-8-17-34(60)21-22-38(54-30(2)59)43(62)58-41(27-33-16-11-23-50-33)46(65)56-39(25-31-14-6-4-7-15-31)45(64)55-37(20-12-24-51-47(48)49)42(61)57-40(44(63)53-29)26-32-28-52-36-19-10-9-18-35(32)36/h4,6-7,9-10,14-16,18-19,23,28-29,37-41,52H,3,5,8,11-13,17,20-22,24-27H2,1-2H3,(H,53,63)(H,54,59)(H,55,64)(H,56,65)(H,57,61)(H,58,62)(H4,48,49,51)/t29-,37+,38+,39-,40+,41+/m1/s1. The van der Waals surface area contributed by atoms with Gasteiger partial charge in [0.1, 0.15) is 36.0 Å². The summed E-state index contributed by atoms with van der Waals surface area (Å²) in [5.41, 5.74) is 14.1. The van der Waals surface area contributed by atoms with Gasteiger partial charge in [0.2, 0.25) is 35.4 Å². The summed E-state index contributed by atoms with van der Waals surface area (Å²) < 4.78 is 0. The summed E-state index contributed by atoms with van der Waals surface area (Å²) in [6, 6.07) is 10.4. The Morgan fingerprint density at radius 3 is 2.09 bits per heavy atom. The predicted molar refractivity (Wildman–Crippen MR) is 248 cm³/mol. The van der Waals surface area contributed by atoms with Crippen molar-refractivity contribution in [3.05, 3.63) is 83.7 Å². The molecule has 6 amide bonds. The number of allylic oxidation sites excluding steroid dienone is 1. The molecule has 65 heavy (non-hydrogen) atoms. The highest BCUT2D eigenvalue weighted by molar-refractivity contribution is 5.97. The molecule has 0 aliphatic carbocycles. The minimum atomic E-state index is -1.26. The second kappa shape index (κ2) is 24.9. The van der Waals surface area contributed by atoms with Crippen molar-refractivity contribution in [3.8, 4) is 0 Å². The van der Waals surface area contributed by atoms with Crippen LogP contribution in [-0.4, -0.2) is 101 Å². The molecule has 2 aliphatic rings. The van der Waals surface area contributed by atoms with Gasteiger partial charge in [0, 0.05) is 87.0 Å². The van der Waals surface area contributed by atoms with Crippen LogP contribution in [0.15, 0.2) is 82.6 Å². The molecular weight excluding hydrogens is 831 g/mol. The van der Waals surface area contributed by atoms with Gasteiger partial charge in [-0.1, -0.05) is 67.4 Å². The summed E-state index contributed by atoms with van der Waals surface area (Å²) >= 11 is 0. The molecule has 0 saturated carbocycles. The lowest BCUT2D eigenvalue weighted by molar-refractivity contribution is -0.135. The number of fused-ring (bicyclic) bond motifs is 1. The summed E-state index contributed by atoms with van der Waals surface area (Å²) in [7, 11) is 0. The van der Waals surface area contributed by atoms with Crippen molar-refractivity contribution in [2.24, 2.45) is 21.5 Å². The Labute approximate surface area is 379 Å². The van der Waals surface area contributed by atoms with Crippen molar-refractivity contribution in [3.63, 3.8) is 0 Å². The average molecular weight is 894 g/mol. The highest BCUT2D eigenvalue weighted by Gasteiger charge is 2.34. The number of benzene rings is 2. The fourth-order valence-corrected chi connectivity index (χ4v) is 7.93. The van der Waals surface area contributed by atoms with E-state index in [0.717, 1.165) is 16.5 Å². The van der Waals surface area contributed by atoms with E-state index in [4.69, 9.17) is 11.5 Å². The first-order valence-electron chi connectivity index (χ1n) is 22.4. The predicted octanol–water partition coefficient (Wildman–Crippen LogP) is 2.02. The van der Waals surface area contributed by atoms with Crippen LogP contribution in [0, 0.1) is 0 Å². The molecule has 2 aromatic carbocycles. The minimum absolute atomic E-state index is 0.00236. The number of carbonyl (C=O) groups excluding carboxylic acids is 7.